The molecule has 0 N–H and O–H groups in total. The molecular formula is C21H23ClN2. The lowest BCUT2D eigenvalue weighted by Crippen LogP contribution is -2.17. The molecule has 1 heterocycles. The van der Waals surface area contributed by atoms with Crippen LogP contribution in [0.1, 0.15) is 30.4 Å². The maximum absolute atomic E-state index is 5.99. The summed E-state index contributed by atoms with van der Waals surface area (Å²) in [6.07, 6.45) is 8.01. The highest BCUT2D eigenvalue weighted by Gasteiger charge is 2.19. The summed E-state index contributed by atoms with van der Waals surface area (Å²) in [5.74, 6) is 1.05. The van der Waals surface area contributed by atoms with Gasteiger partial charge in [-0.15, -0.1) is 0 Å². The Bertz CT molecular complexity index is 720. The molecule has 0 radical (unpaired) electrons. The summed E-state index contributed by atoms with van der Waals surface area (Å²) in [4.78, 5) is 4.18. The number of aryl methyl sites for hydroxylation is 1. The molecule has 0 bridgehead atoms. The maximum Gasteiger partial charge on any atom is 0.0946 e. The highest BCUT2D eigenvalue weighted by Crippen LogP contribution is 2.29. The second kappa shape index (κ2) is 8.16. The Kier molecular flexibility index (Phi) is 5.71. The molecule has 0 saturated carbocycles. The zero-order valence-corrected chi connectivity index (χ0v) is 14.7. The van der Waals surface area contributed by atoms with Gasteiger partial charge in [-0.25, -0.2) is 4.98 Å². The molecule has 2 aromatic carbocycles. The average molecular weight is 339 g/mol. The zero-order chi connectivity index (χ0) is 16.8. The van der Waals surface area contributed by atoms with Crippen molar-refractivity contribution < 1.29 is 0 Å². The van der Waals surface area contributed by atoms with E-state index in [4.69, 9.17) is 11.6 Å². The van der Waals surface area contributed by atoms with Crippen LogP contribution in [0.25, 0.3) is 0 Å². The van der Waals surface area contributed by atoms with Gasteiger partial charge < -0.3 is 4.57 Å². The molecule has 2 unspecified atom stereocenters. The molecule has 3 aromatic rings. The van der Waals surface area contributed by atoms with E-state index in [1.54, 1.807) is 0 Å². The van der Waals surface area contributed by atoms with E-state index in [9.17, 15) is 0 Å². The Hall–Kier alpha value is -2.06. The zero-order valence-electron chi connectivity index (χ0n) is 14.0. The molecule has 3 heteroatoms. The molecule has 0 aliphatic carbocycles. The summed E-state index contributed by atoms with van der Waals surface area (Å²) < 4.78 is 2.19. The number of nitrogens with zero attached hydrogens (tertiary/aromatic N) is 2. The summed E-state index contributed by atoms with van der Waals surface area (Å²) in [5.41, 5.74) is 2.74. The molecule has 0 saturated heterocycles. The second-order valence-corrected chi connectivity index (χ2v) is 6.82. The molecule has 0 fully saturated rings. The maximum atomic E-state index is 5.99. The van der Waals surface area contributed by atoms with E-state index in [1.165, 1.54) is 11.1 Å². The van der Waals surface area contributed by atoms with Crippen molar-refractivity contribution in [2.75, 3.05) is 0 Å². The Labute approximate surface area is 149 Å². The number of benzene rings is 2. The fraction of sp³-hybridized carbons (Fsp3) is 0.286. The normalized spacial score (nSPS) is 13.6. The van der Waals surface area contributed by atoms with Crippen molar-refractivity contribution in [3.63, 3.8) is 0 Å². The van der Waals surface area contributed by atoms with Gasteiger partial charge in [0.15, 0.2) is 0 Å². The average Bonchev–Trinajstić information content (AvgIpc) is 3.13. The van der Waals surface area contributed by atoms with Crippen molar-refractivity contribution >= 4 is 11.6 Å². The molecule has 0 amide bonds. The van der Waals surface area contributed by atoms with Crippen LogP contribution in [0.4, 0.5) is 0 Å². The van der Waals surface area contributed by atoms with Crippen LogP contribution in [0, 0.1) is 5.92 Å². The summed E-state index contributed by atoms with van der Waals surface area (Å²) in [6.45, 7) is 3.32. The summed E-state index contributed by atoms with van der Waals surface area (Å²) in [6, 6.07) is 19.0. The third-order valence-corrected chi connectivity index (χ3v) is 5.01. The summed E-state index contributed by atoms with van der Waals surface area (Å²) >= 11 is 5.99. The van der Waals surface area contributed by atoms with E-state index in [-0.39, 0.29) is 0 Å². The minimum Gasteiger partial charge on any atom is -0.337 e. The largest absolute Gasteiger partial charge is 0.337 e. The fourth-order valence-electron chi connectivity index (χ4n) is 3.20. The predicted octanol–water partition coefficient (Wildman–Crippen LogP) is 5.59. The van der Waals surface area contributed by atoms with Crippen LogP contribution in [0.5, 0.6) is 0 Å². The van der Waals surface area contributed by atoms with Gasteiger partial charge in [-0.1, -0.05) is 61.0 Å². The molecule has 3 rings (SSSR count). The van der Waals surface area contributed by atoms with Gasteiger partial charge in [-0.05, 0) is 47.9 Å². The molecule has 1 aromatic heterocycles. The van der Waals surface area contributed by atoms with E-state index in [1.807, 2.05) is 30.9 Å². The van der Waals surface area contributed by atoms with Gasteiger partial charge in [0, 0.05) is 24.0 Å². The molecule has 24 heavy (non-hydrogen) atoms. The fourth-order valence-corrected chi connectivity index (χ4v) is 3.32. The van der Waals surface area contributed by atoms with Crippen molar-refractivity contribution in [2.45, 2.75) is 32.2 Å². The third-order valence-electron chi connectivity index (χ3n) is 4.75. The first-order valence-electron chi connectivity index (χ1n) is 8.47. The lowest BCUT2D eigenvalue weighted by molar-refractivity contribution is 0.359. The Morgan fingerprint density at radius 3 is 2.46 bits per heavy atom. The van der Waals surface area contributed by atoms with Gasteiger partial charge in [-0.2, -0.15) is 0 Å². The van der Waals surface area contributed by atoms with Crippen LogP contribution < -0.4 is 0 Å². The first-order valence-corrected chi connectivity index (χ1v) is 8.85. The number of halogens is 1. The summed E-state index contributed by atoms with van der Waals surface area (Å²) in [7, 11) is 0. The molecule has 0 aliphatic rings. The van der Waals surface area contributed by atoms with Gasteiger partial charge in [0.1, 0.15) is 0 Å². The van der Waals surface area contributed by atoms with Crippen molar-refractivity contribution in [1.82, 2.24) is 9.55 Å². The van der Waals surface area contributed by atoms with E-state index in [0.29, 0.717) is 11.8 Å². The third kappa shape index (κ3) is 4.48. The highest BCUT2D eigenvalue weighted by molar-refractivity contribution is 6.30. The molecule has 2 nitrogen and oxygen atoms in total. The van der Waals surface area contributed by atoms with Crippen LogP contribution in [-0.4, -0.2) is 9.55 Å². The van der Waals surface area contributed by atoms with Crippen molar-refractivity contribution in [2.24, 2.45) is 5.92 Å². The SMILES string of the molecule is CC(c1ccccc1)C(CCc1ccc(Cl)cc1)Cn1ccnc1. The topological polar surface area (TPSA) is 17.8 Å². The number of rotatable bonds is 7. The molecular weight excluding hydrogens is 316 g/mol. The van der Waals surface area contributed by atoms with Gasteiger partial charge >= 0.3 is 0 Å². The smallest absolute Gasteiger partial charge is 0.0946 e. The highest BCUT2D eigenvalue weighted by atomic mass is 35.5. The van der Waals surface area contributed by atoms with Crippen molar-refractivity contribution in [3.8, 4) is 0 Å². The quantitative estimate of drug-likeness (QED) is 0.549. The van der Waals surface area contributed by atoms with E-state index in [0.717, 1.165) is 24.4 Å². The first-order chi connectivity index (χ1) is 11.7. The Morgan fingerprint density at radius 2 is 1.79 bits per heavy atom. The molecule has 0 aliphatic heterocycles. The number of imidazole rings is 1. The van der Waals surface area contributed by atoms with Gasteiger partial charge in [0.2, 0.25) is 0 Å². The molecule has 2 atom stereocenters. The molecule has 0 spiro atoms. The number of hydrogen-bond acceptors (Lipinski definition) is 1. The Morgan fingerprint density at radius 1 is 1.04 bits per heavy atom. The van der Waals surface area contributed by atoms with Crippen LogP contribution >= 0.6 is 11.6 Å². The van der Waals surface area contributed by atoms with Crippen LogP contribution in [0.3, 0.4) is 0 Å². The number of aromatic nitrogens is 2. The standard InChI is InChI=1S/C21H23ClN2/c1-17(19-5-3-2-4-6-19)20(15-24-14-13-23-16-24)10-7-18-8-11-21(22)12-9-18/h2-6,8-9,11-14,16-17,20H,7,10,15H2,1H3. The van der Waals surface area contributed by atoms with E-state index >= 15 is 0 Å². The lowest BCUT2D eigenvalue weighted by Gasteiger charge is -2.25. The monoisotopic (exact) mass is 338 g/mol. The number of hydrogen-bond donors (Lipinski definition) is 0. The summed E-state index contributed by atoms with van der Waals surface area (Å²) in [5, 5.41) is 0.798. The van der Waals surface area contributed by atoms with Gasteiger partial charge in [0.05, 0.1) is 6.33 Å². The van der Waals surface area contributed by atoms with Crippen LogP contribution in [-0.2, 0) is 13.0 Å². The van der Waals surface area contributed by atoms with Gasteiger partial charge in [-0.3, -0.25) is 0 Å². The minimum absolute atomic E-state index is 0.501. The predicted molar refractivity (Wildman–Crippen MR) is 100 cm³/mol. The minimum atomic E-state index is 0.501. The second-order valence-electron chi connectivity index (χ2n) is 6.38. The van der Waals surface area contributed by atoms with Crippen LogP contribution in [0.15, 0.2) is 73.3 Å². The van der Waals surface area contributed by atoms with Crippen molar-refractivity contribution in [1.29, 1.82) is 0 Å². The van der Waals surface area contributed by atoms with E-state index in [2.05, 4.69) is 58.9 Å². The lowest BCUT2D eigenvalue weighted by atomic mass is 9.83. The van der Waals surface area contributed by atoms with E-state index < -0.39 is 0 Å². The Balaban J connectivity index is 1.72. The first kappa shape index (κ1) is 16.8. The van der Waals surface area contributed by atoms with Crippen LogP contribution in [0.2, 0.25) is 5.02 Å². The van der Waals surface area contributed by atoms with Gasteiger partial charge in [0.25, 0.3) is 0 Å². The van der Waals surface area contributed by atoms with Crippen molar-refractivity contribution in [3.05, 3.63) is 89.5 Å². The molecule has 124 valence electrons.